The molecule has 2 heteroatoms. The zero-order valence-electron chi connectivity index (χ0n) is 13.2. The molecule has 1 N–H and O–H groups in total. The number of hydrogen-bond donors (Lipinski definition) is 1. The van der Waals surface area contributed by atoms with Crippen LogP contribution in [-0.4, -0.2) is 12.0 Å². The summed E-state index contributed by atoms with van der Waals surface area (Å²) in [5.74, 6) is 1.69. The molecule has 1 aliphatic rings. The third kappa shape index (κ3) is 2.96. The lowest BCUT2D eigenvalue weighted by Crippen LogP contribution is -2.29. The van der Waals surface area contributed by atoms with Crippen molar-refractivity contribution < 1.29 is 0 Å². The zero-order chi connectivity index (χ0) is 14.7. The van der Waals surface area contributed by atoms with Gasteiger partial charge in [0.1, 0.15) is 0 Å². The molecule has 0 spiro atoms. The van der Waals surface area contributed by atoms with Gasteiger partial charge in [-0.15, -0.1) is 0 Å². The Morgan fingerprint density at radius 3 is 2.62 bits per heavy atom. The molecule has 0 radical (unpaired) electrons. The fraction of sp³-hybridized carbons (Fsp3) is 0.526. The Kier molecular flexibility index (Phi) is 4.54. The summed E-state index contributed by atoms with van der Waals surface area (Å²) in [5, 5.41) is 4.82. The second kappa shape index (κ2) is 6.57. The van der Waals surface area contributed by atoms with E-state index in [-0.39, 0.29) is 0 Å². The molecule has 1 atom stereocenters. The standard InChI is InChI=1S/C19H26N2/c1-3-14-9-11-16(12-10-14)18(20-2)17-8-4-6-15-7-5-13-21-19(15)17/h4-8,13-14,16,18,20H,3,9-12H2,1-2H3. The largest absolute Gasteiger partial charge is 0.313 e. The minimum Gasteiger partial charge on any atom is -0.313 e. The maximum Gasteiger partial charge on any atom is 0.0749 e. The van der Waals surface area contributed by atoms with E-state index in [1.165, 1.54) is 43.1 Å². The van der Waals surface area contributed by atoms with Gasteiger partial charge in [0, 0.05) is 17.6 Å². The molecule has 0 saturated heterocycles. The third-order valence-corrected chi connectivity index (χ3v) is 5.25. The summed E-state index contributed by atoms with van der Waals surface area (Å²) in [6.07, 6.45) is 8.70. The first-order chi connectivity index (χ1) is 10.3. The van der Waals surface area contributed by atoms with Crippen LogP contribution in [0.1, 0.15) is 50.6 Å². The molecule has 1 heterocycles. The quantitative estimate of drug-likeness (QED) is 0.878. The molecule has 0 bridgehead atoms. The molecule has 112 valence electrons. The number of nitrogens with zero attached hydrogens (tertiary/aromatic N) is 1. The Balaban J connectivity index is 1.88. The number of rotatable bonds is 4. The molecular weight excluding hydrogens is 256 g/mol. The van der Waals surface area contributed by atoms with E-state index in [4.69, 9.17) is 0 Å². The van der Waals surface area contributed by atoms with E-state index in [9.17, 15) is 0 Å². The summed E-state index contributed by atoms with van der Waals surface area (Å²) < 4.78 is 0. The van der Waals surface area contributed by atoms with Gasteiger partial charge in [0.15, 0.2) is 0 Å². The fourth-order valence-corrected chi connectivity index (χ4v) is 3.95. The van der Waals surface area contributed by atoms with Crippen LogP contribution in [-0.2, 0) is 0 Å². The van der Waals surface area contributed by atoms with Gasteiger partial charge in [-0.1, -0.05) is 50.5 Å². The van der Waals surface area contributed by atoms with Crippen molar-refractivity contribution in [2.45, 2.75) is 45.1 Å². The van der Waals surface area contributed by atoms with Gasteiger partial charge < -0.3 is 5.32 Å². The van der Waals surface area contributed by atoms with Crippen molar-refractivity contribution in [3.8, 4) is 0 Å². The summed E-state index contributed by atoms with van der Waals surface area (Å²) in [6.45, 7) is 2.33. The monoisotopic (exact) mass is 282 g/mol. The lowest BCUT2D eigenvalue weighted by molar-refractivity contribution is 0.225. The van der Waals surface area contributed by atoms with Crippen molar-refractivity contribution in [2.75, 3.05) is 7.05 Å². The van der Waals surface area contributed by atoms with E-state index in [0.29, 0.717) is 6.04 Å². The van der Waals surface area contributed by atoms with E-state index < -0.39 is 0 Å². The first kappa shape index (κ1) is 14.5. The lowest BCUT2D eigenvalue weighted by atomic mass is 9.76. The SMILES string of the molecule is CCC1CCC(C(NC)c2cccc3cccnc23)CC1. The summed E-state index contributed by atoms with van der Waals surface area (Å²) in [7, 11) is 2.10. The molecule has 1 aliphatic carbocycles. The van der Waals surface area contributed by atoms with Crippen LogP contribution in [0.4, 0.5) is 0 Å². The topological polar surface area (TPSA) is 24.9 Å². The van der Waals surface area contributed by atoms with Crippen LogP contribution >= 0.6 is 0 Å². The Bertz CT molecular complexity index is 580. The van der Waals surface area contributed by atoms with Crippen LogP contribution in [0.5, 0.6) is 0 Å². The highest BCUT2D eigenvalue weighted by atomic mass is 14.9. The van der Waals surface area contributed by atoms with E-state index in [0.717, 1.165) is 17.4 Å². The first-order valence-corrected chi connectivity index (χ1v) is 8.34. The van der Waals surface area contributed by atoms with Gasteiger partial charge >= 0.3 is 0 Å². The smallest absolute Gasteiger partial charge is 0.0749 e. The Morgan fingerprint density at radius 2 is 1.90 bits per heavy atom. The van der Waals surface area contributed by atoms with Gasteiger partial charge in [-0.25, -0.2) is 0 Å². The maximum atomic E-state index is 4.64. The summed E-state index contributed by atoms with van der Waals surface area (Å²) in [6, 6.07) is 11.2. The van der Waals surface area contributed by atoms with Crippen molar-refractivity contribution >= 4 is 10.9 Å². The van der Waals surface area contributed by atoms with Crippen molar-refractivity contribution in [1.82, 2.24) is 10.3 Å². The number of aromatic nitrogens is 1. The first-order valence-electron chi connectivity index (χ1n) is 8.34. The van der Waals surface area contributed by atoms with Gasteiger partial charge in [-0.2, -0.15) is 0 Å². The normalized spacial score (nSPS) is 24.1. The number of benzene rings is 1. The number of nitrogens with one attached hydrogen (secondary N) is 1. The minimum absolute atomic E-state index is 0.432. The average molecular weight is 282 g/mol. The highest BCUT2D eigenvalue weighted by Gasteiger charge is 2.28. The summed E-state index contributed by atoms with van der Waals surface area (Å²) >= 11 is 0. The molecule has 1 saturated carbocycles. The molecule has 1 aromatic carbocycles. The van der Waals surface area contributed by atoms with Gasteiger partial charge in [0.2, 0.25) is 0 Å². The Morgan fingerprint density at radius 1 is 1.14 bits per heavy atom. The molecule has 1 fully saturated rings. The molecule has 2 aromatic rings. The van der Waals surface area contributed by atoms with Gasteiger partial charge in [0.25, 0.3) is 0 Å². The van der Waals surface area contributed by atoms with E-state index in [1.54, 1.807) is 0 Å². The summed E-state index contributed by atoms with van der Waals surface area (Å²) in [4.78, 5) is 4.64. The van der Waals surface area contributed by atoms with Gasteiger partial charge in [0.05, 0.1) is 5.52 Å². The van der Waals surface area contributed by atoms with E-state index in [1.807, 2.05) is 12.3 Å². The number of hydrogen-bond acceptors (Lipinski definition) is 2. The maximum absolute atomic E-state index is 4.64. The van der Waals surface area contributed by atoms with Crippen molar-refractivity contribution in [2.24, 2.45) is 11.8 Å². The molecule has 21 heavy (non-hydrogen) atoms. The van der Waals surface area contributed by atoms with Gasteiger partial charge in [-0.05, 0) is 43.4 Å². The van der Waals surface area contributed by atoms with Crippen molar-refractivity contribution in [3.05, 3.63) is 42.1 Å². The predicted octanol–water partition coefficient (Wildman–Crippen LogP) is 4.71. The Hall–Kier alpha value is -1.41. The van der Waals surface area contributed by atoms with Crippen LogP contribution < -0.4 is 5.32 Å². The molecule has 3 rings (SSSR count). The summed E-state index contributed by atoms with van der Waals surface area (Å²) in [5.41, 5.74) is 2.53. The highest BCUT2D eigenvalue weighted by molar-refractivity contribution is 5.82. The minimum atomic E-state index is 0.432. The molecule has 1 unspecified atom stereocenters. The predicted molar refractivity (Wildman–Crippen MR) is 89.3 cm³/mol. The van der Waals surface area contributed by atoms with Crippen molar-refractivity contribution in [1.29, 1.82) is 0 Å². The second-order valence-corrected chi connectivity index (χ2v) is 6.38. The van der Waals surface area contributed by atoms with Crippen LogP contribution in [0.3, 0.4) is 0 Å². The van der Waals surface area contributed by atoms with Crippen LogP contribution in [0.15, 0.2) is 36.5 Å². The zero-order valence-corrected chi connectivity index (χ0v) is 13.2. The molecule has 1 aromatic heterocycles. The second-order valence-electron chi connectivity index (χ2n) is 6.38. The lowest BCUT2D eigenvalue weighted by Gasteiger charge is -2.34. The van der Waals surface area contributed by atoms with Gasteiger partial charge in [-0.3, -0.25) is 4.98 Å². The number of pyridine rings is 1. The molecule has 0 aliphatic heterocycles. The number of fused-ring (bicyclic) bond motifs is 1. The fourth-order valence-electron chi connectivity index (χ4n) is 3.95. The molecule has 0 amide bonds. The van der Waals surface area contributed by atoms with Crippen LogP contribution in [0.25, 0.3) is 10.9 Å². The molecule has 2 nitrogen and oxygen atoms in total. The van der Waals surface area contributed by atoms with Crippen LogP contribution in [0.2, 0.25) is 0 Å². The number of para-hydroxylation sites is 1. The highest BCUT2D eigenvalue weighted by Crippen LogP contribution is 2.39. The van der Waals surface area contributed by atoms with Crippen molar-refractivity contribution in [3.63, 3.8) is 0 Å². The third-order valence-electron chi connectivity index (χ3n) is 5.25. The Labute approximate surface area is 128 Å². The van der Waals surface area contributed by atoms with Crippen LogP contribution in [0, 0.1) is 11.8 Å². The molecular formula is C19H26N2. The van der Waals surface area contributed by atoms with E-state index >= 15 is 0 Å². The average Bonchev–Trinajstić information content (AvgIpc) is 2.56. The van der Waals surface area contributed by atoms with E-state index in [2.05, 4.69) is 48.5 Å².